The molecule has 0 spiro atoms. The molecule has 0 unspecified atom stereocenters. The van der Waals surface area contributed by atoms with Gasteiger partial charge in [0.15, 0.2) is 5.78 Å². The van der Waals surface area contributed by atoms with E-state index in [0.717, 1.165) is 19.5 Å². The van der Waals surface area contributed by atoms with Crippen molar-refractivity contribution in [3.8, 4) is 0 Å². The van der Waals surface area contributed by atoms with Crippen molar-refractivity contribution in [2.45, 2.75) is 20.3 Å². The van der Waals surface area contributed by atoms with Crippen molar-refractivity contribution in [3.63, 3.8) is 0 Å². The highest BCUT2D eigenvalue weighted by Crippen LogP contribution is 2.13. The largest absolute Gasteiger partial charge is 0.296 e. The van der Waals surface area contributed by atoms with E-state index in [4.69, 9.17) is 0 Å². The third-order valence-corrected chi connectivity index (χ3v) is 2.73. The first-order valence-electron chi connectivity index (χ1n) is 6.08. The Morgan fingerprint density at radius 1 is 1.39 bits per heavy atom. The molecule has 0 aliphatic rings. The van der Waals surface area contributed by atoms with Crippen molar-refractivity contribution in [1.82, 2.24) is 4.90 Å². The number of carbonyl (C=O) groups excluding carboxylic acids is 1. The summed E-state index contributed by atoms with van der Waals surface area (Å²) in [6, 6.07) is 5.89. The molecule has 1 aromatic carbocycles. The van der Waals surface area contributed by atoms with Gasteiger partial charge in [-0.25, -0.2) is 0 Å². The number of nitrogens with zero attached hydrogens (tertiary/aromatic N) is 2. The molecule has 0 fully saturated rings. The number of benzene rings is 1. The summed E-state index contributed by atoms with van der Waals surface area (Å²) in [4.78, 5) is 24.2. The Bertz CT molecular complexity index is 432. The van der Waals surface area contributed by atoms with Crippen molar-refractivity contribution >= 4 is 11.5 Å². The van der Waals surface area contributed by atoms with Crippen LogP contribution in [0.3, 0.4) is 0 Å². The van der Waals surface area contributed by atoms with E-state index in [2.05, 4.69) is 6.92 Å². The van der Waals surface area contributed by atoms with E-state index in [1.54, 1.807) is 12.1 Å². The van der Waals surface area contributed by atoms with E-state index >= 15 is 0 Å². The van der Waals surface area contributed by atoms with Crippen molar-refractivity contribution in [2.75, 3.05) is 19.6 Å². The Hall–Kier alpha value is -1.75. The van der Waals surface area contributed by atoms with Crippen LogP contribution < -0.4 is 0 Å². The predicted molar refractivity (Wildman–Crippen MR) is 69.8 cm³/mol. The molecule has 18 heavy (non-hydrogen) atoms. The third kappa shape index (κ3) is 3.92. The minimum atomic E-state index is -0.486. The van der Waals surface area contributed by atoms with Gasteiger partial charge in [0.05, 0.1) is 11.5 Å². The number of hydrogen-bond acceptors (Lipinski definition) is 4. The maximum absolute atomic E-state index is 12.0. The first-order valence-corrected chi connectivity index (χ1v) is 6.08. The molecule has 1 rings (SSSR count). The van der Waals surface area contributed by atoms with Crippen LogP contribution >= 0.6 is 0 Å². The molecule has 98 valence electrons. The van der Waals surface area contributed by atoms with Crippen LogP contribution in [0.2, 0.25) is 0 Å². The lowest BCUT2D eigenvalue weighted by Crippen LogP contribution is -2.30. The van der Waals surface area contributed by atoms with Crippen LogP contribution in [-0.4, -0.2) is 35.2 Å². The fourth-order valence-corrected chi connectivity index (χ4v) is 1.75. The SMILES string of the molecule is CCCN(CC)CC(=O)c1cccc([N+](=O)[O-])c1. The van der Waals surface area contributed by atoms with Crippen LogP contribution in [0.25, 0.3) is 0 Å². The molecule has 1 aromatic rings. The summed E-state index contributed by atoms with van der Waals surface area (Å²) >= 11 is 0. The second-order valence-electron chi connectivity index (χ2n) is 4.10. The van der Waals surface area contributed by atoms with Crippen LogP contribution in [-0.2, 0) is 0 Å². The van der Waals surface area contributed by atoms with Gasteiger partial charge in [0.1, 0.15) is 0 Å². The highest BCUT2D eigenvalue weighted by molar-refractivity contribution is 5.98. The van der Waals surface area contributed by atoms with E-state index < -0.39 is 4.92 Å². The highest BCUT2D eigenvalue weighted by atomic mass is 16.6. The fourth-order valence-electron chi connectivity index (χ4n) is 1.75. The lowest BCUT2D eigenvalue weighted by molar-refractivity contribution is -0.384. The molecule has 0 aliphatic heterocycles. The summed E-state index contributed by atoms with van der Waals surface area (Å²) in [5, 5.41) is 10.6. The zero-order chi connectivity index (χ0) is 13.5. The van der Waals surface area contributed by atoms with Crippen molar-refractivity contribution < 1.29 is 9.72 Å². The number of rotatable bonds is 7. The molecular formula is C13H18N2O3. The summed E-state index contributed by atoms with van der Waals surface area (Å²) in [5.74, 6) is -0.0750. The topological polar surface area (TPSA) is 63.5 Å². The number of likely N-dealkylation sites (N-methyl/N-ethyl adjacent to an activating group) is 1. The summed E-state index contributed by atoms with van der Waals surface area (Å²) in [7, 11) is 0. The summed E-state index contributed by atoms with van der Waals surface area (Å²) < 4.78 is 0. The maximum Gasteiger partial charge on any atom is 0.270 e. The molecule has 0 radical (unpaired) electrons. The Kier molecular flexibility index (Phi) is 5.45. The maximum atomic E-state index is 12.0. The van der Waals surface area contributed by atoms with Gasteiger partial charge in [-0.05, 0) is 19.5 Å². The van der Waals surface area contributed by atoms with E-state index in [0.29, 0.717) is 12.1 Å². The Morgan fingerprint density at radius 3 is 2.67 bits per heavy atom. The van der Waals surface area contributed by atoms with Gasteiger partial charge in [0.2, 0.25) is 0 Å². The van der Waals surface area contributed by atoms with Gasteiger partial charge in [-0.2, -0.15) is 0 Å². The molecule has 5 nitrogen and oxygen atoms in total. The molecule has 0 atom stereocenters. The highest BCUT2D eigenvalue weighted by Gasteiger charge is 2.13. The van der Waals surface area contributed by atoms with Crippen LogP contribution in [0.15, 0.2) is 24.3 Å². The lowest BCUT2D eigenvalue weighted by Gasteiger charge is -2.18. The van der Waals surface area contributed by atoms with Crippen molar-refractivity contribution in [1.29, 1.82) is 0 Å². The number of ketones is 1. The molecule has 0 aliphatic carbocycles. The summed E-state index contributed by atoms with van der Waals surface area (Å²) in [6.45, 7) is 6.02. The standard InChI is InChI=1S/C13H18N2O3/c1-3-8-14(4-2)10-13(16)11-6-5-7-12(9-11)15(17)18/h5-7,9H,3-4,8,10H2,1-2H3. The molecular weight excluding hydrogens is 232 g/mol. The van der Waals surface area contributed by atoms with Gasteiger partial charge in [-0.15, -0.1) is 0 Å². The summed E-state index contributed by atoms with van der Waals surface area (Å²) in [6.07, 6.45) is 0.982. The number of carbonyl (C=O) groups is 1. The minimum Gasteiger partial charge on any atom is -0.296 e. The molecule has 0 saturated heterocycles. The second-order valence-corrected chi connectivity index (χ2v) is 4.10. The van der Waals surface area contributed by atoms with Crippen LogP contribution in [0.5, 0.6) is 0 Å². The Labute approximate surface area is 107 Å². The van der Waals surface area contributed by atoms with E-state index in [1.165, 1.54) is 12.1 Å². The van der Waals surface area contributed by atoms with Crippen LogP contribution in [0.1, 0.15) is 30.6 Å². The predicted octanol–water partition coefficient (Wildman–Crippen LogP) is 2.51. The normalized spacial score (nSPS) is 10.6. The molecule has 0 heterocycles. The fraction of sp³-hybridized carbons (Fsp3) is 0.462. The lowest BCUT2D eigenvalue weighted by atomic mass is 10.1. The Morgan fingerprint density at radius 2 is 2.11 bits per heavy atom. The quantitative estimate of drug-likeness (QED) is 0.424. The summed E-state index contributed by atoms with van der Waals surface area (Å²) in [5.41, 5.74) is 0.359. The van der Waals surface area contributed by atoms with E-state index in [1.807, 2.05) is 11.8 Å². The zero-order valence-electron chi connectivity index (χ0n) is 10.8. The molecule has 5 heteroatoms. The Balaban J connectivity index is 2.77. The van der Waals surface area contributed by atoms with Gasteiger partial charge in [0.25, 0.3) is 5.69 Å². The van der Waals surface area contributed by atoms with Crippen LogP contribution in [0.4, 0.5) is 5.69 Å². The third-order valence-electron chi connectivity index (χ3n) is 2.73. The molecule has 0 saturated carbocycles. The van der Waals surface area contributed by atoms with E-state index in [9.17, 15) is 14.9 Å². The monoisotopic (exact) mass is 250 g/mol. The van der Waals surface area contributed by atoms with Gasteiger partial charge >= 0.3 is 0 Å². The van der Waals surface area contributed by atoms with Crippen molar-refractivity contribution in [2.24, 2.45) is 0 Å². The molecule has 0 bridgehead atoms. The smallest absolute Gasteiger partial charge is 0.270 e. The van der Waals surface area contributed by atoms with Crippen molar-refractivity contribution in [3.05, 3.63) is 39.9 Å². The number of Topliss-reactive ketones (excluding diaryl/α,β-unsaturated/α-hetero) is 1. The van der Waals surface area contributed by atoms with Crippen LogP contribution in [0, 0.1) is 10.1 Å². The number of nitro benzene ring substituents is 1. The number of nitro groups is 1. The first-order chi connectivity index (χ1) is 8.58. The van der Waals surface area contributed by atoms with Gasteiger partial charge < -0.3 is 0 Å². The molecule has 0 aromatic heterocycles. The zero-order valence-corrected chi connectivity index (χ0v) is 10.8. The molecule has 0 amide bonds. The van der Waals surface area contributed by atoms with Gasteiger partial charge in [-0.3, -0.25) is 19.8 Å². The first kappa shape index (κ1) is 14.3. The van der Waals surface area contributed by atoms with Gasteiger partial charge in [0, 0.05) is 17.7 Å². The van der Waals surface area contributed by atoms with Gasteiger partial charge in [-0.1, -0.05) is 26.0 Å². The molecule has 0 N–H and O–H groups in total. The van der Waals surface area contributed by atoms with E-state index in [-0.39, 0.29) is 11.5 Å². The number of non-ortho nitro benzene ring substituents is 1. The number of hydrogen-bond donors (Lipinski definition) is 0. The minimum absolute atomic E-state index is 0.0422. The average molecular weight is 250 g/mol. The average Bonchev–Trinajstić information content (AvgIpc) is 2.38. The second kappa shape index (κ2) is 6.86.